The van der Waals surface area contributed by atoms with E-state index in [0.29, 0.717) is 16.4 Å². The number of hydrogen-bond donors (Lipinski definition) is 1. The Labute approximate surface area is 126 Å². The molecule has 0 fully saturated rings. The van der Waals surface area contributed by atoms with Crippen molar-refractivity contribution in [1.29, 1.82) is 0 Å². The molecule has 110 valence electrons. The van der Waals surface area contributed by atoms with Gasteiger partial charge in [0.25, 0.3) is 0 Å². The molecule has 2 heterocycles. The number of halogens is 2. The molecule has 1 atom stereocenters. The number of carbonyl (C=O) groups excluding carboxylic acids is 1. The van der Waals surface area contributed by atoms with Crippen LogP contribution in [0, 0.1) is 5.82 Å². The highest BCUT2D eigenvalue weighted by molar-refractivity contribution is 6.31. The number of benzene rings is 1. The van der Waals surface area contributed by atoms with Gasteiger partial charge in [0, 0.05) is 34.5 Å². The van der Waals surface area contributed by atoms with Gasteiger partial charge in [-0.15, -0.1) is 0 Å². The molecule has 2 aromatic rings. The summed E-state index contributed by atoms with van der Waals surface area (Å²) in [5.41, 5.74) is 1.16. The van der Waals surface area contributed by atoms with Gasteiger partial charge in [-0.05, 0) is 26.0 Å². The van der Waals surface area contributed by atoms with Crippen molar-refractivity contribution in [1.82, 2.24) is 9.78 Å². The van der Waals surface area contributed by atoms with Crippen molar-refractivity contribution in [3.63, 3.8) is 0 Å². The van der Waals surface area contributed by atoms with Gasteiger partial charge >= 0.3 is 0 Å². The van der Waals surface area contributed by atoms with Gasteiger partial charge in [-0.25, -0.2) is 9.07 Å². The number of aromatic nitrogens is 2. The number of carbonyl (C=O) groups is 1. The molecule has 0 radical (unpaired) electrons. The van der Waals surface area contributed by atoms with Crippen LogP contribution in [0.3, 0.4) is 0 Å². The Morgan fingerprint density at radius 2 is 2.24 bits per heavy atom. The molecule has 0 unspecified atom stereocenters. The maximum Gasteiger partial charge on any atom is 0.226 e. The summed E-state index contributed by atoms with van der Waals surface area (Å²) in [5, 5.41) is 7.46. The van der Waals surface area contributed by atoms with E-state index in [1.54, 1.807) is 23.0 Å². The SMILES string of the molecule is CC(C)n1ncc2c1NC(=O)C[C@@H]2c1c(F)cccc1Cl. The molecule has 1 aromatic heterocycles. The summed E-state index contributed by atoms with van der Waals surface area (Å²) in [6.45, 7) is 3.94. The minimum absolute atomic E-state index is 0.101. The van der Waals surface area contributed by atoms with Gasteiger partial charge in [0.15, 0.2) is 0 Å². The van der Waals surface area contributed by atoms with E-state index >= 15 is 0 Å². The summed E-state index contributed by atoms with van der Waals surface area (Å²) in [6, 6.07) is 4.66. The van der Waals surface area contributed by atoms with Gasteiger partial charge < -0.3 is 5.32 Å². The minimum Gasteiger partial charge on any atom is -0.311 e. The van der Waals surface area contributed by atoms with E-state index in [1.807, 2.05) is 13.8 Å². The maximum absolute atomic E-state index is 14.2. The Morgan fingerprint density at radius 1 is 1.48 bits per heavy atom. The van der Waals surface area contributed by atoms with Crippen LogP contribution >= 0.6 is 11.6 Å². The molecular weight excluding hydrogens is 293 g/mol. The molecule has 0 aliphatic carbocycles. The zero-order valence-electron chi connectivity index (χ0n) is 11.7. The molecule has 0 bridgehead atoms. The lowest BCUT2D eigenvalue weighted by atomic mass is 9.87. The first-order valence-electron chi connectivity index (χ1n) is 6.80. The number of rotatable bonds is 2. The summed E-state index contributed by atoms with van der Waals surface area (Å²) in [4.78, 5) is 12.0. The number of anilines is 1. The quantitative estimate of drug-likeness (QED) is 0.919. The lowest BCUT2D eigenvalue weighted by molar-refractivity contribution is -0.116. The minimum atomic E-state index is -0.407. The third-order valence-corrected chi connectivity index (χ3v) is 4.01. The Hall–Kier alpha value is -1.88. The van der Waals surface area contributed by atoms with E-state index < -0.39 is 11.7 Å². The maximum atomic E-state index is 14.2. The van der Waals surface area contributed by atoms with Crippen molar-refractivity contribution in [3.05, 3.63) is 46.4 Å². The first-order chi connectivity index (χ1) is 9.99. The molecule has 6 heteroatoms. The van der Waals surface area contributed by atoms with Crippen molar-refractivity contribution in [2.45, 2.75) is 32.2 Å². The van der Waals surface area contributed by atoms with Crippen molar-refractivity contribution < 1.29 is 9.18 Å². The van der Waals surface area contributed by atoms with Crippen LogP contribution in [0.5, 0.6) is 0 Å². The molecule has 0 saturated heterocycles. The van der Waals surface area contributed by atoms with Crippen molar-refractivity contribution in [3.8, 4) is 0 Å². The number of hydrogen-bond acceptors (Lipinski definition) is 2. The van der Waals surface area contributed by atoms with Crippen LogP contribution in [0.25, 0.3) is 0 Å². The van der Waals surface area contributed by atoms with Crippen LogP contribution in [0.1, 0.15) is 43.4 Å². The first kappa shape index (κ1) is 14.1. The normalized spacial score (nSPS) is 17.8. The van der Waals surface area contributed by atoms with E-state index in [0.717, 1.165) is 5.56 Å². The second-order valence-corrected chi connectivity index (χ2v) is 5.83. The van der Waals surface area contributed by atoms with Crippen LogP contribution in [-0.2, 0) is 4.79 Å². The average molecular weight is 308 g/mol. The van der Waals surface area contributed by atoms with Crippen LogP contribution in [0.15, 0.2) is 24.4 Å². The number of nitrogens with zero attached hydrogens (tertiary/aromatic N) is 2. The van der Waals surface area contributed by atoms with Gasteiger partial charge in [0.2, 0.25) is 5.91 Å². The van der Waals surface area contributed by atoms with Crippen LogP contribution in [-0.4, -0.2) is 15.7 Å². The molecule has 0 saturated carbocycles. The topological polar surface area (TPSA) is 46.9 Å². The van der Waals surface area contributed by atoms with E-state index in [1.165, 1.54) is 6.07 Å². The summed E-state index contributed by atoms with van der Waals surface area (Å²) in [6.07, 6.45) is 1.85. The Kier molecular flexibility index (Phi) is 3.45. The predicted molar refractivity (Wildman–Crippen MR) is 79.1 cm³/mol. The summed E-state index contributed by atoms with van der Waals surface area (Å²) < 4.78 is 15.9. The van der Waals surface area contributed by atoms with Crippen molar-refractivity contribution >= 4 is 23.3 Å². The monoisotopic (exact) mass is 307 g/mol. The van der Waals surface area contributed by atoms with Gasteiger partial charge in [0.05, 0.1) is 6.20 Å². The lowest BCUT2D eigenvalue weighted by Crippen LogP contribution is -2.25. The van der Waals surface area contributed by atoms with Crippen LogP contribution in [0.2, 0.25) is 5.02 Å². The standard InChI is InChI=1S/C15H15ClFN3O/c1-8(2)20-15-10(7-18-20)9(6-13(21)19-15)14-11(16)4-3-5-12(14)17/h3-5,7-9H,6H2,1-2H3,(H,19,21)/t9-/m0/s1. The Morgan fingerprint density at radius 3 is 2.90 bits per heavy atom. The fourth-order valence-electron chi connectivity index (χ4n) is 2.73. The zero-order valence-corrected chi connectivity index (χ0v) is 12.5. The highest BCUT2D eigenvalue weighted by Gasteiger charge is 2.33. The Bertz CT molecular complexity index is 691. The van der Waals surface area contributed by atoms with E-state index in [-0.39, 0.29) is 18.4 Å². The Balaban J connectivity index is 2.16. The highest BCUT2D eigenvalue weighted by atomic mass is 35.5. The fourth-order valence-corrected chi connectivity index (χ4v) is 3.03. The number of nitrogens with one attached hydrogen (secondary N) is 1. The summed E-state index contributed by atoms with van der Waals surface area (Å²) in [5.74, 6) is -0.333. The van der Waals surface area contributed by atoms with Crippen LogP contribution < -0.4 is 5.32 Å². The van der Waals surface area contributed by atoms with Gasteiger partial charge in [-0.1, -0.05) is 17.7 Å². The number of amides is 1. The molecule has 1 aliphatic rings. The average Bonchev–Trinajstić information content (AvgIpc) is 2.82. The largest absolute Gasteiger partial charge is 0.311 e. The summed E-state index contributed by atoms with van der Waals surface area (Å²) in [7, 11) is 0. The van der Waals surface area contributed by atoms with Crippen molar-refractivity contribution in [2.75, 3.05) is 5.32 Å². The molecule has 1 N–H and O–H groups in total. The van der Waals surface area contributed by atoms with E-state index in [9.17, 15) is 9.18 Å². The molecule has 4 nitrogen and oxygen atoms in total. The zero-order chi connectivity index (χ0) is 15.1. The van der Waals surface area contributed by atoms with Crippen molar-refractivity contribution in [2.24, 2.45) is 0 Å². The molecular formula is C15H15ClFN3O. The predicted octanol–water partition coefficient (Wildman–Crippen LogP) is 3.73. The second kappa shape index (κ2) is 5.15. The van der Waals surface area contributed by atoms with Gasteiger partial charge in [-0.2, -0.15) is 5.10 Å². The smallest absolute Gasteiger partial charge is 0.226 e. The third-order valence-electron chi connectivity index (χ3n) is 3.68. The molecule has 1 aromatic carbocycles. The molecule has 21 heavy (non-hydrogen) atoms. The van der Waals surface area contributed by atoms with Gasteiger partial charge in [0.1, 0.15) is 11.6 Å². The molecule has 1 amide bonds. The summed E-state index contributed by atoms with van der Waals surface area (Å²) >= 11 is 6.15. The third kappa shape index (κ3) is 2.31. The number of fused-ring (bicyclic) bond motifs is 1. The fraction of sp³-hybridized carbons (Fsp3) is 0.333. The van der Waals surface area contributed by atoms with E-state index in [4.69, 9.17) is 11.6 Å². The first-order valence-corrected chi connectivity index (χ1v) is 7.18. The van der Waals surface area contributed by atoms with Gasteiger partial charge in [-0.3, -0.25) is 4.79 Å². The molecule has 1 aliphatic heterocycles. The molecule has 0 spiro atoms. The second-order valence-electron chi connectivity index (χ2n) is 5.43. The molecule has 3 rings (SSSR count). The van der Waals surface area contributed by atoms with Crippen LogP contribution in [0.4, 0.5) is 10.2 Å². The highest BCUT2D eigenvalue weighted by Crippen LogP contribution is 2.41. The lowest BCUT2D eigenvalue weighted by Gasteiger charge is -2.25. The van der Waals surface area contributed by atoms with E-state index in [2.05, 4.69) is 10.4 Å².